The number of aromatic nitrogens is 3. The van der Waals surface area contributed by atoms with E-state index >= 15 is 0 Å². The van der Waals surface area contributed by atoms with Crippen LogP contribution in [0.2, 0.25) is 0 Å². The molecule has 0 atom stereocenters. The van der Waals surface area contributed by atoms with Crippen LogP contribution in [0, 0.1) is 6.92 Å². The van der Waals surface area contributed by atoms with Crippen LogP contribution in [0.4, 0.5) is 0 Å². The van der Waals surface area contributed by atoms with Gasteiger partial charge in [-0.05, 0) is 12.5 Å². The number of aryl methyl sites for hydroxylation is 1. The van der Waals surface area contributed by atoms with Crippen molar-refractivity contribution in [3.63, 3.8) is 0 Å². The molecular formula is C16H16N4OS. The fourth-order valence-electron chi connectivity index (χ4n) is 2.31. The Morgan fingerprint density at radius 2 is 2.14 bits per heavy atom. The molecule has 3 rings (SSSR count). The Kier molecular flexibility index (Phi) is 4.29. The summed E-state index contributed by atoms with van der Waals surface area (Å²) in [4.78, 5) is 17.5. The number of hydrogen-bond donors (Lipinski definition) is 1. The number of thiophene rings is 1. The van der Waals surface area contributed by atoms with Crippen LogP contribution in [0.5, 0.6) is 0 Å². The Bertz CT molecular complexity index is 750. The van der Waals surface area contributed by atoms with Gasteiger partial charge in [-0.3, -0.25) is 9.48 Å². The van der Waals surface area contributed by atoms with E-state index in [1.807, 2.05) is 42.6 Å². The standard InChI is InChI=1S/C16H16N4OS/c1-12-15(13-5-3-2-4-6-13)14(9-22-12)16(21)18-7-8-20-11-17-10-19-20/h2-6,9-11H,7-8H2,1H3,(H,18,21). The Morgan fingerprint density at radius 1 is 1.32 bits per heavy atom. The van der Waals surface area contributed by atoms with Gasteiger partial charge in [0.1, 0.15) is 12.7 Å². The van der Waals surface area contributed by atoms with Gasteiger partial charge in [-0.2, -0.15) is 5.10 Å². The summed E-state index contributed by atoms with van der Waals surface area (Å²) < 4.78 is 1.69. The van der Waals surface area contributed by atoms with Crippen LogP contribution in [-0.4, -0.2) is 27.2 Å². The third-order valence-corrected chi connectivity index (χ3v) is 4.29. The molecule has 1 aromatic carbocycles. The van der Waals surface area contributed by atoms with E-state index in [1.54, 1.807) is 22.3 Å². The molecule has 0 saturated heterocycles. The molecule has 0 radical (unpaired) electrons. The predicted molar refractivity (Wildman–Crippen MR) is 86.8 cm³/mol. The lowest BCUT2D eigenvalue weighted by Crippen LogP contribution is -2.27. The second kappa shape index (κ2) is 6.53. The highest BCUT2D eigenvalue weighted by Gasteiger charge is 2.16. The van der Waals surface area contributed by atoms with E-state index in [-0.39, 0.29) is 5.91 Å². The number of hydrogen-bond acceptors (Lipinski definition) is 4. The van der Waals surface area contributed by atoms with Gasteiger partial charge in [-0.25, -0.2) is 4.98 Å². The van der Waals surface area contributed by atoms with Crippen LogP contribution in [0.25, 0.3) is 11.1 Å². The first-order chi connectivity index (χ1) is 10.8. The minimum Gasteiger partial charge on any atom is -0.350 e. The molecule has 2 heterocycles. The average Bonchev–Trinajstić information content (AvgIpc) is 3.17. The van der Waals surface area contributed by atoms with Crippen LogP contribution in [-0.2, 0) is 6.54 Å². The van der Waals surface area contributed by atoms with Gasteiger partial charge < -0.3 is 5.32 Å². The summed E-state index contributed by atoms with van der Waals surface area (Å²) in [5, 5.41) is 8.87. The van der Waals surface area contributed by atoms with E-state index in [1.165, 1.54) is 6.33 Å². The first-order valence-corrected chi connectivity index (χ1v) is 7.88. The molecule has 0 fully saturated rings. The summed E-state index contributed by atoms with van der Waals surface area (Å²) in [5.41, 5.74) is 2.82. The largest absolute Gasteiger partial charge is 0.350 e. The minimum atomic E-state index is -0.0525. The highest BCUT2D eigenvalue weighted by atomic mass is 32.1. The first-order valence-electron chi connectivity index (χ1n) is 7.00. The number of carbonyl (C=O) groups is 1. The third-order valence-electron chi connectivity index (χ3n) is 3.38. The molecule has 0 unspecified atom stereocenters. The van der Waals surface area contributed by atoms with Gasteiger partial charge in [0, 0.05) is 22.4 Å². The second-order valence-electron chi connectivity index (χ2n) is 4.86. The molecule has 5 nitrogen and oxygen atoms in total. The van der Waals surface area contributed by atoms with Crippen molar-refractivity contribution in [3.8, 4) is 11.1 Å². The number of rotatable bonds is 5. The molecule has 0 aliphatic carbocycles. The van der Waals surface area contributed by atoms with Crippen LogP contribution in [0.3, 0.4) is 0 Å². The molecule has 112 valence electrons. The fourth-order valence-corrected chi connectivity index (χ4v) is 3.18. The van der Waals surface area contributed by atoms with E-state index < -0.39 is 0 Å². The molecule has 0 bridgehead atoms. The van der Waals surface area contributed by atoms with Gasteiger partial charge in [0.05, 0.1) is 12.1 Å². The van der Waals surface area contributed by atoms with Crippen molar-refractivity contribution in [2.75, 3.05) is 6.54 Å². The molecule has 3 aromatic rings. The fraction of sp³-hybridized carbons (Fsp3) is 0.188. The molecule has 0 saturated carbocycles. The zero-order valence-electron chi connectivity index (χ0n) is 12.2. The summed E-state index contributed by atoms with van der Waals surface area (Å²) >= 11 is 1.60. The summed E-state index contributed by atoms with van der Waals surface area (Å²) in [6.07, 6.45) is 3.12. The Labute approximate surface area is 132 Å². The van der Waals surface area contributed by atoms with Crippen molar-refractivity contribution in [2.24, 2.45) is 0 Å². The normalized spacial score (nSPS) is 10.6. The van der Waals surface area contributed by atoms with Crippen molar-refractivity contribution < 1.29 is 4.79 Å². The maximum atomic E-state index is 12.4. The zero-order chi connectivity index (χ0) is 15.4. The number of benzene rings is 1. The van der Waals surface area contributed by atoms with Gasteiger partial charge in [0.25, 0.3) is 5.91 Å². The number of nitrogens with zero attached hydrogens (tertiary/aromatic N) is 3. The van der Waals surface area contributed by atoms with Crippen molar-refractivity contribution in [3.05, 3.63) is 58.8 Å². The van der Waals surface area contributed by atoms with E-state index in [9.17, 15) is 4.79 Å². The van der Waals surface area contributed by atoms with E-state index in [0.717, 1.165) is 21.6 Å². The maximum Gasteiger partial charge on any atom is 0.252 e. The Morgan fingerprint density at radius 3 is 2.86 bits per heavy atom. The van der Waals surface area contributed by atoms with Gasteiger partial charge in [-0.1, -0.05) is 30.3 Å². The molecule has 0 aliphatic heterocycles. The topological polar surface area (TPSA) is 59.8 Å². The van der Waals surface area contributed by atoms with Crippen LogP contribution in [0.15, 0.2) is 48.4 Å². The SMILES string of the molecule is Cc1scc(C(=O)NCCn2cncn2)c1-c1ccccc1. The lowest BCUT2D eigenvalue weighted by atomic mass is 10.0. The minimum absolute atomic E-state index is 0.0525. The number of nitrogens with one attached hydrogen (secondary N) is 1. The van der Waals surface area contributed by atoms with Crippen LogP contribution in [0.1, 0.15) is 15.2 Å². The molecule has 0 spiro atoms. The summed E-state index contributed by atoms with van der Waals surface area (Å²) in [6, 6.07) is 10.0. The molecule has 2 aromatic heterocycles. The number of amides is 1. The smallest absolute Gasteiger partial charge is 0.252 e. The molecule has 22 heavy (non-hydrogen) atoms. The average molecular weight is 312 g/mol. The Hall–Kier alpha value is -2.47. The maximum absolute atomic E-state index is 12.4. The van der Waals surface area contributed by atoms with Crippen molar-refractivity contribution in [1.29, 1.82) is 0 Å². The molecular weight excluding hydrogens is 296 g/mol. The van der Waals surface area contributed by atoms with E-state index in [0.29, 0.717) is 13.1 Å². The molecule has 6 heteroatoms. The van der Waals surface area contributed by atoms with Gasteiger partial charge >= 0.3 is 0 Å². The first kappa shape index (κ1) is 14.5. The van der Waals surface area contributed by atoms with Gasteiger partial charge in [0.15, 0.2) is 0 Å². The lowest BCUT2D eigenvalue weighted by molar-refractivity contribution is 0.0953. The summed E-state index contributed by atoms with van der Waals surface area (Å²) in [6.45, 7) is 3.17. The lowest BCUT2D eigenvalue weighted by Gasteiger charge is -2.08. The van der Waals surface area contributed by atoms with E-state index in [4.69, 9.17) is 0 Å². The summed E-state index contributed by atoms with van der Waals surface area (Å²) in [5.74, 6) is -0.0525. The van der Waals surface area contributed by atoms with Gasteiger partial charge in [-0.15, -0.1) is 11.3 Å². The van der Waals surface area contributed by atoms with Gasteiger partial charge in [0.2, 0.25) is 0 Å². The predicted octanol–water partition coefficient (Wildman–Crippen LogP) is 2.75. The van der Waals surface area contributed by atoms with E-state index in [2.05, 4.69) is 15.4 Å². The van der Waals surface area contributed by atoms with Crippen LogP contribution < -0.4 is 5.32 Å². The van der Waals surface area contributed by atoms with Crippen molar-refractivity contribution in [2.45, 2.75) is 13.5 Å². The second-order valence-corrected chi connectivity index (χ2v) is 5.94. The zero-order valence-corrected chi connectivity index (χ0v) is 13.0. The van der Waals surface area contributed by atoms with Crippen LogP contribution >= 0.6 is 11.3 Å². The highest BCUT2D eigenvalue weighted by Crippen LogP contribution is 2.32. The molecule has 0 aliphatic rings. The highest BCUT2D eigenvalue weighted by molar-refractivity contribution is 7.10. The monoisotopic (exact) mass is 312 g/mol. The number of carbonyl (C=O) groups excluding carboxylic acids is 1. The third kappa shape index (κ3) is 3.07. The quantitative estimate of drug-likeness (QED) is 0.788. The Balaban J connectivity index is 1.73. The summed E-state index contributed by atoms with van der Waals surface area (Å²) in [7, 11) is 0. The molecule has 1 N–H and O–H groups in total. The van der Waals surface area contributed by atoms with Crippen molar-refractivity contribution >= 4 is 17.2 Å². The molecule has 1 amide bonds. The van der Waals surface area contributed by atoms with Crippen molar-refractivity contribution in [1.82, 2.24) is 20.1 Å².